The monoisotopic (exact) mass is 166 g/mol. The molecule has 0 fully saturated rings. The smallest absolute Gasteiger partial charge is 0.103 e. The molecule has 0 aliphatic rings. The van der Waals surface area contributed by atoms with Gasteiger partial charge in [0.05, 0.1) is 14.1 Å². The molecular formula is C6H15NO4. The molecule has 0 aromatic rings. The summed E-state index contributed by atoms with van der Waals surface area (Å²) >= 11 is 0. The van der Waals surface area contributed by atoms with E-state index in [1.54, 1.807) is 0 Å². The number of hydrogen-bond donors (Lipinski definition) is 5. The largest absolute Gasteiger partial charge is 0.394 e. The Hall–Kier alpha value is -0.200. The van der Waals surface area contributed by atoms with Crippen LogP contribution in [0.2, 0.25) is 0 Å². The van der Waals surface area contributed by atoms with E-state index < -0.39 is 25.0 Å². The standard InChI is InChI=1S/C6H15NO4/c7-6(11)2-1-4(9)5(10)3-8/h4-6,8-11H,1-3,7H2/t4-,5+,6?/m0/s1/i6D. The van der Waals surface area contributed by atoms with E-state index in [2.05, 4.69) is 0 Å². The lowest BCUT2D eigenvalue weighted by Crippen LogP contribution is -2.31. The normalized spacial score (nSPS) is 23.5. The van der Waals surface area contributed by atoms with Gasteiger partial charge in [-0.05, 0) is 12.8 Å². The quantitative estimate of drug-likeness (QED) is 0.297. The zero-order valence-corrected chi connectivity index (χ0v) is 6.14. The van der Waals surface area contributed by atoms with Crippen molar-refractivity contribution in [2.45, 2.75) is 31.3 Å². The third-order valence-corrected chi connectivity index (χ3v) is 1.33. The number of hydrogen-bond acceptors (Lipinski definition) is 5. The molecule has 0 aliphatic heterocycles. The molecule has 0 saturated carbocycles. The van der Waals surface area contributed by atoms with E-state index in [0.717, 1.165) is 0 Å². The Morgan fingerprint density at radius 1 is 1.18 bits per heavy atom. The predicted molar refractivity (Wildman–Crippen MR) is 38.5 cm³/mol. The highest BCUT2D eigenvalue weighted by Crippen LogP contribution is 2.02. The van der Waals surface area contributed by atoms with Crippen LogP contribution in [0.3, 0.4) is 0 Å². The molecule has 0 saturated heterocycles. The number of nitrogens with two attached hydrogens (primary N) is 1. The molecule has 68 valence electrons. The molecular weight excluding hydrogens is 150 g/mol. The summed E-state index contributed by atoms with van der Waals surface area (Å²) in [5.41, 5.74) is 4.89. The Morgan fingerprint density at radius 3 is 2.09 bits per heavy atom. The first-order chi connectivity index (χ1) is 5.37. The van der Waals surface area contributed by atoms with Crippen LogP contribution in [0.25, 0.3) is 0 Å². The van der Waals surface area contributed by atoms with Crippen molar-refractivity contribution >= 4 is 0 Å². The van der Waals surface area contributed by atoms with Crippen molar-refractivity contribution in [1.82, 2.24) is 0 Å². The van der Waals surface area contributed by atoms with Gasteiger partial charge in [0, 0.05) is 0 Å². The van der Waals surface area contributed by atoms with E-state index in [0.29, 0.717) is 0 Å². The molecule has 11 heavy (non-hydrogen) atoms. The minimum absolute atomic E-state index is 0.0295. The van der Waals surface area contributed by atoms with E-state index in [-0.39, 0.29) is 12.8 Å². The van der Waals surface area contributed by atoms with Crippen molar-refractivity contribution < 1.29 is 21.8 Å². The van der Waals surface area contributed by atoms with Gasteiger partial charge in [0.2, 0.25) is 0 Å². The summed E-state index contributed by atoms with van der Waals surface area (Å²) in [6, 6.07) is 0. The van der Waals surface area contributed by atoms with Gasteiger partial charge in [-0.3, -0.25) is 0 Å². The molecule has 3 atom stereocenters. The first-order valence-electron chi connectivity index (χ1n) is 3.85. The molecule has 0 aromatic carbocycles. The van der Waals surface area contributed by atoms with Crippen molar-refractivity contribution in [3.05, 3.63) is 0 Å². The van der Waals surface area contributed by atoms with E-state index in [1.165, 1.54) is 0 Å². The average Bonchev–Trinajstić information content (AvgIpc) is 1.97. The van der Waals surface area contributed by atoms with E-state index >= 15 is 0 Å². The van der Waals surface area contributed by atoms with Crippen LogP contribution in [0.4, 0.5) is 0 Å². The van der Waals surface area contributed by atoms with Gasteiger partial charge in [0.25, 0.3) is 0 Å². The van der Waals surface area contributed by atoms with Gasteiger partial charge in [-0.15, -0.1) is 0 Å². The van der Waals surface area contributed by atoms with Gasteiger partial charge in [0.1, 0.15) is 12.3 Å². The zero-order chi connectivity index (χ0) is 9.78. The maximum Gasteiger partial charge on any atom is 0.103 e. The Labute approximate surface area is 66.5 Å². The second-order valence-corrected chi connectivity index (χ2v) is 2.35. The highest BCUT2D eigenvalue weighted by molar-refractivity contribution is 4.66. The second-order valence-electron chi connectivity index (χ2n) is 2.35. The summed E-state index contributed by atoms with van der Waals surface area (Å²) in [6.45, 7) is -0.553. The van der Waals surface area contributed by atoms with Gasteiger partial charge in [0.15, 0.2) is 0 Å². The molecule has 0 spiro atoms. The van der Waals surface area contributed by atoms with Crippen LogP contribution in [-0.4, -0.2) is 45.4 Å². The summed E-state index contributed by atoms with van der Waals surface area (Å²) < 4.78 is 6.80. The molecule has 1 unspecified atom stereocenters. The van der Waals surface area contributed by atoms with Gasteiger partial charge in [-0.1, -0.05) is 0 Å². The van der Waals surface area contributed by atoms with Crippen molar-refractivity contribution in [2.24, 2.45) is 5.73 Å². The van der Waals surface area contributed by atoms with Gasteiger partial charge < -0.3 is 26.2 Å². The lowest BCUT2D eigenvalue weighted by Gasteiger charge is -2.15. The van der Waals surface area contributed by atoms with Crippen LogP contribution < -0.4 is 5.73 Å². The fourth-order valence-electron chi connectivity index (χ4n) is 0.610. The zero-order valence-electron chi connectivity index (χ0n) is 7.14. The summed E-state index contributed by atoms with van der Waals surface area (Å²) in [4.78, 5) is 0. The molecule has 6 N–H and O–H groups in total. The Morgan fingerprint density at radius 2 is 1.73 bits per heavy atom. The fraction of sp³-hybridized carbons (Fsp3) is 1.00. The van der Waals surface area contributed by atoms with Crippen LogP contribution >= 0.6 is 0 Å². The number of aliphatic hydroxyl groups excluding tert-OH is 3. The molecule has 0 amide bonds. The van der Waals surface area contributed by atoms with Crippen LogP contribution in [0.15, 0.2) is 0 Å². The lowest BCUT2D eigenvalue weighted by atomic mass is 10.1. The lowest BCUT2D eigenvalue weighted by molar-refractivity contribution is -0.0231. The Balaban J connectivity index is 3.64. The number of rotatable bonds is 5. The second kappa shape index (κ2) is 5.45. The highest BCUT2D eigenvalue weighted by Gasteiger charge is 2.15. The maximum atomic E-state index is 9.02. The van der Waals surface area contributed by atoms with Gasteiger partial charge in [-0.25, -0.2) is 0 Å². The predicted octanol–water partition coefficient (Wildman–Crippen LogP) is -2.24. The third-order valence-electron chi connectivity index (χ3n) is 1.33. The van der Waals surface area contributed by atoms with Gasteiger partial charge in [-0.2, -0.15) is 0 Å². The van der Waals surface area contributed by atoms with Crippen molar-refractivity contribution in [3.8, 4) is 0 Å². The van der Waals surface area contributed by atoms with E-state index in [1.807, 2.05) is 0 Å². The van der Waals surface area contributed by atoms with Crippen molar-refractivity contribution in [1.29, 1.82) is 0 Å². The van der Waals surface area contributed by atoms with Crippen LogP contribution in [0.5, 0.6) is 0 Å². The molecule has 5 nitrogen and oxygen atoms in total. The van der Waals surface area contributed by atoms with E-state index in [9.17, 15) is 0 Å². The molecule has 0 heterocycles. The third kappa shape index (κ3) is 5.11. The van der Waals surface area contributed by atoms with E-state index in [4.69, 9.17) is 27.5 Å². The molecule has 0 radical (unpaired) electrons. The minimum Gasteiger partial charge on any atom is -0.394 e. The topological polar surface area (TPSA) is 107 Å². The summed E-state index contributed by atoms with van der Waals surface area (Å²) in [5, 5.41) is 35.0. The SMILES string of the molecule is [2H]C(N)(O)CC[C@H](O)[C@H](O)CO. The van der Waals surface area contributed by atoms with Gasteiger partial charge >= 0.3 is 0 Å². The molecule has 5 heteroatoms. The highest BCUT2D eigenvalue weighted by atomic mass is 16.4. The number of aliphatic hydroxyl groups is 4. The van der Waals surface area contributed by atoms with Crippen LogP contribution in [0, 0.1) is 0 Å². The first kappa shape index (κ1) is 8.89. The fourth-order valence-corrected chi connectivity index (χ4v) is 0.610. The Kier molecular flexibility index (Phi) is 4.41. The summed E-state index contributed by atoms with van der Waals surface area (Å²) in [5.74, 6) is 0. The summed E-state index contributed by atoms with van der Waals surface area (Å²) in [7, 11) is 0. The van der Waals surface area contributed by atoms with Crippen LogP contribution in [-0.2, 0) is 0 Å². The van der Waals surface area contributed by atoms with Crippen molar-refractivity contribution in [2.75, 3.05) is 6.61 Å². The molecule has 0 rings (SSSR count). The molecule has 0 aliphatic carbocycles. The molecule has 0 bridgehead atoms. The minimum atomic E-state index is -2.09. The first-order valence-corrected chi connectivity index (χ1v) is 3.35. The molecule has 0 aromatic heterocycles. The Bertz CT molecular complexity index is 127. The van der Waals surface area contributed by atoms with Crippen LogP contribution in [0.1, 0.15) is 14.2 Å². The summed E-state index contributed by atoms with van der Waals surface area (Å²) in [6.07, 6.45) is -4.68. The van der Waals surface area contributed by atoms with Crippen molar-refractivity contribution in [3.63, 3.8) is 0 Å². The average molecular weight is 166 g/mol. The maximum absolute atomic E-state index is 9.02.